The number of hydrogen-bond acceptors (Lipinski definition) is 4. The van der Waals surface area contributed by atoms with Crippen LogP contribution >= 0.6 is 0 Å². The summed E-state index contributed by atoms with van der Waals surface area (Å²) in [6.07, 6.45) is 0. The number of phenols is 1. The fourth-order valence-corrected chi connectivity index (χ4v) is 0.835. The Morgan fingerprint density at radius 1 is 1.54 bits per heavy atom. The number of nitro groups is 1. The minimum atomic E-state index is -0.902. The molecule has 0 unspecified atom stereocenters. The topological polar surface area (TPSA) is 106 Å². The van der Waals surface area contributed by atoms with Crippen LogP contribution < -0.4 is 5.73 Å². The van der Waals surface area contributed by atoms with Crippen LogP contribution in [0.15, 0.2) is 18.2 Å². The molecule has 0 aliphatic carbocycles. The normalized spacial score (nSPS) is 9.54. The van der Waals surface area contributed by atoms with Crippen molar-refractivity contribution in [3.63, 3.8) is 0 Å². The van der Waals surface area contributed by atoms with Crippen molar-refractivity contribution in [3.05, 3.63) is 33.9 Å². The molecule has 0 saturated heterocycles. The summed E-state index contributed by atoms with van der Waals surface area (Å²) >= 11 is 0. The number of primary amides is 1. The molecule has 1 rings (SSSR count). The van der Waals surface area contributed by atoms with E-state index in [-0.39, 0.29) is 17.0 Å². The van der Waals surface area contributed by atoms with Gasteiger partial charge in [0.15, 0.2) is 0 Å². The molecule has 0 spiro atoms. The monoisotopic (exact) mass is 182 g/mol. The molecular formula is C7H6N2O4. The Balaban J connectivity index is 3.27. The quantitative estimate of drug-likeness (QED) is 0.509. The van der Waals surface area contributed by atoms with E-state index in [2.05, 4.69) is 0 Å². The van der Waals surface area contributed by atoms with Crippen LogP contribution in [-0.4, -0.2) is 15.9 Å². The number of aromatic hydroxyl groups is 1. The maximum absolute atomic E-state index is 10.6. The van der Waals surface area contributed by atoms with Crippen LogP contribution in [0.1, 0.15) is 10.4 Å². The van der Waals surface area contributed by atoms with Crippen LogP contribution in [0, 0.1) is 10.1 Å². The van der Waals surface area contributed by atoms with E-state index in [1.54, 1.807) is 0 Å². The van der Waals surface area contributed by atoms with Crippen LogP contribution in [0.4, 0.5) is 5.69 Å². The highest BCUT2D eigenvalue weighted by molar-refractivity contribution is 5.96. The third kappa shape index (κ3) is 1.73. The summed E-state index contributed by atoms with van der Waals surface area (Å²) in [7, 11) is 0. The predicted molar refractivity (Wildman–Crippen MR) is 43.3 cm³/mol. The van der Waals surface area contributed by atoms with Crippen molar-refractivity contribution in [2.45, 2.75) is 0 Å². The van der Waals surface area contributed by atoms with Gasteiger partial charge in [0, 0.05) is 12.1 Å². The Hall–Kier alpha value is -2.11. The molecule has 1 amide bonds. The van der Waals surface area contributed by atoms with Gasteiger partial charge < -0.3 is 10.8 Å². The summed E-state index contributed by atoms with van der Waals surface area (Å²) in [5.41, 5.74) is 4.32. The number of nitrogens with zero attached hydrogens (tertiary/aromatic N) is 1. The highest BCUT2D eigenvalue weighted by Gasteiger charge is 2.13. The highest BCUT2D eigenvalue weighted by Crippen LogP contribution is 2.21. The van der Waals surface area contributed by atoms with Crippen molar-refractivity contribution in [1.29, 1.82) is 0 Å². The van der Waals surface area contributed by atoms with Gasteiger partial charge in [-0.25, -0.2) is 0 Å². The van der Waals surface area contributed by atoms with Crippen molar-refractivity contribution in [1.82, 2.24) is 0 Å². The first-order valence-electron chi connectivity index (χ1n) is 3.29. The van der Waals surface area contributed by atoms with Gasteiger partial charge in [-0.05, 0) is 6.07 Å². The van der Waals surface area contributed by atoms with E-state index >= 15 is 0 Å². The summed E-state index contributed by atoms with van der Waals surface area (Å²) in [5.74, 6) is -1.26. The van der Waals surface area contributed by atoms with Gasteiger partial charge >= 0.3 is 0 Å². The zero-order valence-electron chi connectivity index (χ0n) is 6.43. The molecule has 0 aliphatic rings. The predicted octanol–water partition coefficient (Wildman–Crippen LogP) is 0.399. The minimum absolute atomic E-state index is 0.255. The minimum Gasteiger partial charge on any atom is -0.507 e. The molecule has 1 aromatic carbocycles. The van der Waals surface area contributed by atoms with Gasteiger partial charge in [0.2, 0.25) is 0 Å². The molecule has 0 heterocycles. The molecule has 0 aliphatic heterocycles. The molecule has 3 N–H and O–H groups in total. The SMILES string of the molecule is NC(=O)c1cc([N+](=O)[O-])ccc1O. The van der Waals surface area contributed by atoms with E-state index in [0.717, 1.165) is 18.2 Å². The summed E-state index contributed by atoms with van der Waals surface area (Å²) < 4.78 is 0. The van der Waals surface area contributed by atoms with Gasteiger partial charge in [0.05, 0.1) is 10.5 Å². The summed E-state index contributed by atoms with van der Waals surface area (Å²) in [6.45, 7) is 0. The second kappa shape index (κ2) is 3.10. The zero-order valence-corrected chi connectivity index (χ0v) is 6.43. The van der Waals surface area contributed by atoms with Crippen molar-refractivity contribution in [3.8, 4) is 5.75 Å². The number of carbonyl (C=O) groups excluding carboxylic acids is 1. The van der Waals surface area contributed by atoms with E-state index < -0.39 is 10.8 Å². The lowest BCUT2D eigenvalue weighted by Crippen LogP contribution is -2.11. The Labute approximate surface area is 72.7 Å². The summed E-state index contributed by atoms with van der Waals surface area (Å²) in [4.78, 5) is 20.2. The molecule has 1 aromatic rings. The second-order valence-corrected chi connectivity index (χ2v) is 2.32. The maximum atomic E-state index is 10.6. The van der Waals surface area contributed by atoms with E-state index in [4.69, 9.17) is 10.8 Å². The number of non-ortho nitro benzene ring substituents is 1. The van der Waals surface area contributed by atoms with Gasteiger partial charge in [-0.1, -0.05) is 0 Å². The summed E-state index contributed by atoms with van der Waals surface area (Å²) in [6, 6.07) is 3.07. The molecular weight excluding hydrogens is 176 g/mol. The fourth-order valence-electron chi connectivity index (χ4n) is 0.835. The van der Waals surface area contributed by atoms with Crippen molar-refractivity contribution >= 4 is 11.6 Å². The molecule has 0 bridgehead atoms. The zero-order chi connectivity index (χ0) is 10.0. The highest BCUT2D eigenvalue weighted by atomic mass is 16.6. The number of hydrogen-bond donors (Lipinski definition) is 2. The molecule has 0 atom stereocenters. The number of benzene rings is 1. The third-order valence-corrected chi connectivity index (χ3v) is 1.46. The average molecular weight is 182 g/mol. The number of nitrogens with two attached hydrogens (primary N) is 1. The third-order valence-electron chi connectivity index (χ3n) is 1.46. The van der Waals surface area contributed by atoms with E-state index in [9.17, 15) is 14.9 Å². The molecule has 0 saturated carbocycles. The number of amides is 1. The lowest BCUT2D eigenvalue weighted by molar-refractivity contribution is -0.384. The van der Waals surface area contributed by atoms with Gasteiger partial charge in [-0.2, -0.15) is 0 Å². The Morgan fingerprint density at radius 3 is 2.62 bits per heavy atom. The van der Waals surface area contributed by atoms with Crippen molar-refractivity contribution in [2.75, 3.05) is 0 Å². The first-order valence-corrected chi connectivity index (χ1v) is 3.29. The second-order valence-electron chi connectivity index (χ2n) is 2.32. The lowest BCUT2D eigenvalue weighted by atomic mass is 10.1. The molecule has 0 aromatic heterocycles. The number of rotatable bonds is 2. The molecule has 0 radical (unpaired) electrons. The van der Waals surface area contributed by atoms with Crippen LogP contribution in [0.2, 0.25) is 0 Å². The lowest BCUT2D eigenvalue weighted by Gasteiger charge is -1.98. The van der Waals surface area contributed by atoms with Gasteiger partial charge in [0.1, 0.15) is 5.75 Å². The van der Waals surface area contributed by atoms with Crippen LogP contribution in [0.3, 0.4) is 0 Å². The van der Waals surface area contributed by atoms with Gasteiger partial charge in [0.25, 0.3) is 11.6 Å². The van der Waals surface area contributed by atoms with Crippen LogP contribution in [-0.2, 0) is 0 Å². The maximum Gasteiger partial charge on any atom is 0.270 e. The Bertz CT molecular complexity index is 375. The number of carbonyl (C=O) groups is 1. The van der Waals surface area contributed by atoms with Gasteiger partial charge in [-0.15, -0.1) is 0 Å². The standard InChI is InChI=1S/C7H6N2O4/c8-7(11)5-3-4(9(12)13)1-2-6(5)10/h1-3,10H,(H2,8,11). The average Bonchev–Trinajstić information content (AvgIpc) is 2.04. The van der Waals surface area contributed by atoms with Crippen molar-refractivity contribution in [2.24, 2.45) is 5.73 Å². The number of nitro benzene ring substituents is 1. The Morgan fingerprint density at radius 2 is 2.15 bits per heavy atom. The molecule has 68 valence electrons. The van der Waals surface area contributed by atoms with Crippen LogP contribution in [0.5, 0.6) is 5.75 Å². The molecule has 6 nitrogen and oxygen atoms in total. The van der Waals surface area contributed by atoms with Crippen molar-refractivity contribution < 1.29 is 14.8 Å². The van der Waals surface area contributed by atoms with Gasteiger partial charge in [-0.3, -0.25) is 14.9 Å². The Kier molecular flexibility index (Phi) is 2.14. The van der Waals surface area contributed by atoms with E-state index in [1.165, 1.54) is 0 Å². The first-order chi connectivity index (χ1) is 6.02. The molecule has 0 fully saturated rings. The first kappa shape index (κ1) is 8.98. The largest absolute Gasteiger partial charge is 0.507 e. The van der Waals surface area contributed by atoms with Crippen LogP contribution in [0.25, 0.3) is 0 Å². The van der Waals surface area contributed by atoms with E-state index in [1.807, 2.05) is 0 Å². The molecule has 13 heavy (non-hydrogen) atoms. The fraction of sp³-hybridized carbons (Fsp3) is 0. The smallest absolute Gasteiger partial charge is 0.270 e. The summed E-state index contributed by atoms with van der Waals surface area (Å²) in [5, 5.41) is 19.3. The molecule has 6 heteroatoms. The van der Waals surface area contributed by atoms with E-state index in [0.29, 0.717) is 0 Å².